The van der Waals surface area contributed by atoms with Crippen molar-refractivity contribution in [3.05, 3.63) is 36.0 Å². The van der Waals surface area contributed by atoms with E-state index in [1.165, 1.54) is 0 Å². The number of hydrogen-bond acceptors (Lipinski definition) is 5. The predicted octanol–water partition coefficient (Wildman–Crippen LogP) is 2.44. The molecule has 1 aromatic carbocycles. The van der Waals surface area contributed by atoms with E-state index in [1.54, 1.807) is 7.11 Å². The van der Waals surface area contributed by atoms with Crippen LogP contribution in [0.25, 0.3) is 23.0 Å². The molecule has 2 aromatic heterocycles. The molecule has 6 nitrogen and oxygen atoms in total. The molecule has 0 amide bonds. The maximum Gasteiger partial charge on any atom is 0.278 e. The van der Waals surface area contributed by atoms with E-state index in [9.17, 15) is 0 Å². The van der Waals surface area contributed by atoms with Crippen LogP contribution < -0.4 is 4.74 Å². The highest BCUT2D eigenvalue weighted by Gasteiger charge is 2.12. The van der Waals surface area contributed by atoms with Gasteiger partial charge >= 0.3 is 0 Å². The summed E-state index contributed by atoms with van der Waals surface area (Å²) in [6, 6.07) is 9.31. The van der Waals surface area contributed by atoms with Gasteiger partial charge in [0.1, 0.15) is 5.75 Å². The molecule has 0 aliphatic carbocycles. The molecule has 0 saturated heterocycles. The van der Waals surface area contributed by atoms with Gasteiger partial charge in [0.2, 0.25) is 5.82 Å². The number of nitrogens with zero attached hydrogens (tertiary/aromatic N) is 3. The smallest absolute Gasteiger partial charge is 0.278 e. The van der Waals surface area contributed by atoms with Gasteiger partial charge < -0.3 is 9.26 Å². The van der Waals surface area contributed by atoms with E-state index >= 15 is 0 Å². The third-order valence-corrected chi connectivity index (χ3v) is 2.70. The lowest BCUT2D eigenvalue weighted by atomic mass is 10.2. The lowest BCUT2D eigenvalue weighted by Gasteiger charge is -1.98. The number of methoxy groups -OCH3 is 1. The van der Waals surface area contributed by atoms with Crippen LogP contribution in [0.5, 0.6) is 5.75 Å². The van der Waals surface area contributed by atoms with Gasteiger partial charge in [0.05, 0.1) is 7.11 Å². The molecule has 0 aliphatic heterocycles. The molecule has 6 heteroatoms. The van der Waals surface area contributed by atoms with Crippen molar-refractivity contribution in [3.8, 4) is 28.7 Å². The molecule has 0 aliphatic rings. The minimum absolute atomic E-state index is 0.398. The molecule has 0 spiro atoms. The summed E-state index contributed by atoms with van der Waals surface area (Å²) in [5, 5.41) is 10.9. The van der Waals surface area contributed by atoms with Crippen LogP contribution in [0.15, 0.2) is 34.9 Å². The van der Waals surface area contributed by atoms with Crippen molar-refractivity contribution < 1.29 is 9.26 Å². The van der Waals surface area contributed by atoms with Crippen LogP contribution in [0.1, 0.15) is 5.69 Å². The molecule has 3 rings (SSSR count). The highest BCUT2D eigenvalue weighted by atomic mass is 16.5. The lowest BCUT2D eigenvalue weighted by molar-refractivity contribution is 0.414. The standard InChI is InChI=1S/C13H12N4O2/c1-8-7-11(16-15-8)13-14-12(17-19-13)9-3-5-10(18-2)6-4-9/h3-7H,1-2H3,(H,15,16). The Bertz CT molecular complexity index is 685. The first-order chi connectivity index (χ1) is 9.26. The molecule has 1 N–H and O–H groups in total. The van der Waals surface area contributed by atoms with Crippen molar-refractivity contribution in [2.75, 3.05) is 7.11 Å². The van der Waals surface area contributed by atoms with Gasteiger partial charge in [-0.2, -0.15) is 10.1 Å². The minimum Gasteiger partial charge on any atom is -0.497 e. The van der Waals surface area contributed by atoms with Crippen molar-refractivity contribution in [2.45, 2.75) is 6.92 Å². The predicted molar refractivity (Wildman–Crippen MR) is 68.6 cm³/mol. The Morgan fingerprint density at radius 3 is 2.63 bits per heavy atom. The van der Waals surface area contributed by atoms with E-state index in [1.807, 2.05) is 37.3 Å². The van der Waals surface area contributed by atoms with E-state index in [0.717, 1.165) is 17.0 Å². The molecular weight excluding hydrogens is 244 g/mol. The number of ether oxygens (including phenoxy) is 1. The van der Waals surface area contributed by atoms with Gasteiger partial charge in [0, 0.05) is 11.3 Å². The van der Waals surface area contributed by atoms with Gasteiger partial charge in [-0.1, -0.05) is 5.16 Å². The van der Waals surface area contributed by atoms with Crippen molar-refractivity contribution in [1.29, 1.82) is 0 Å². The van der Waals surface area contributed by atoms with E-state index < -0.39 is 0 Å². The van der Waals surface area contributed by atoms with E-state index in [2.05, 4.69) is 20.3 Å². The number of rotatable bonds is 3. The average Bonchev–Trinajstić information content (AvgIpc) is 3.07. The minimum atomic E-state index is 0.398. The first-order valence-corrected chi connectivity index (χ1v) is 5.77. The summed E-state index contributed by atoms with van der Waals surface area (Å²) < 4.78 is 10.3. The molecule has 0 saturated carbocycles. The summed E-state index contributed by atoms with van der Waals surface area (Å²) in [5.74, 6) is 1.71. The van der Waals surface area contributed by atoms with E-state index in [-0.39, 0.29) is 0 Å². The van der Waals surface area contributed by atoms with Gasteiger partial charge in [-0.15, -0.1) is 0 Å². The topological polar surface area (TPSA) is 76.8 Å². The summed E-state index contributed by atoms with van der Waals surface area (Å²) in [5.41, 5.74) is 2.45. The Hall–Kier alpha value is -2.63. The number of benzene rings is 1. The second kappa shape index (κ2) is 4.56. The first-order valence-electron chi connectivity index (χ1n) is 5.77. The van der Waals surface area contributed by atoms with Crippen LogP contribution in [-0.2, 0) is 0 Å². The number of aryl methyl sites for hydroxylation is 1. The lowest BCUT2D eigenvalue weighted by Crippen LogP contribution is -1.84. The maximum atomic E-state index is 5.20. The molecular formula is C13H12N4O2. The normalized spacial score (nSPS) is 10.6. The highest BCUT2D eigenvalue weighted by molar-refractivity contribution is 5.58. The van der Waals surface area contributed by atoms with Gasteiger partial charge in [0.15, 0.2) is 5.69 Å². The Morgan fingerprint density at radius 2 is 2.00 bits per heavy atom. The Kier molecular flexibility index (Phi) is 2.75. The SMILES string of the molecule is COc1ccc(-c2noc(-c3cc(C)[nH]n3)n2)cc1. The summed E-state index contributed by atoms with van der Waals surface area (Å²) >= 11 is 0. The fourth-order valence-corrected chi connectivity index (χ4v) is 1.71. The van der Waals surface area contributed by atoms with Crippen molar-refractivity contribution in [2.24, 2.45) is 0 Å². The fraction of sp³-hybridized carbons (Fsp3) is 0.154. The van der Waals surface area contributed by atoms with Gasteiger partial charge in [0.25, 0.3) is 5.89 Å². The van der Waals surface area contributed by atoms with Gasteiger partial charge in [-0.05, 0) is 37.3 Å². The fourth-order valence-electron chi connectivity index (χ4n) is 1.71. The zero-order valence-corrected chi connectivity index (χ0v) is 10.5. The number of nitrogens with one attached hydrogen (secondary N) is 1. The zero-order chi connectivity index (χ0) is 13.2. The maximum absolute atomic E-state index is 5.20. The third-order valence-electron chi connectivity index (χ3n) is 2.70. The summed E-state index contributed by atoms with van der Waals surface area (Å²) in [7, 11) is 1.63. The monoisotopic (exact) mass is 256 g/mol. The molecule has 2 heterocycles. The van der Waals surface area contributed by atoms with Gasteiger partial charge in [-0.25, -0.2) is 0 Å². The molecule has 0 fully saturated rings. The Morgan fingerprint density at radius 1 is 1.21 bits per heavy atom. The van der Waals surface area contributed by atoms with Crippen molar-refractivity contribution in [3.63, 3.8) is 0 Å². The van der Waals surface area contributed by atoms with Crippen molar-refractivity contribution in [1.82, 2.24) is 20.3 Å². The number of aromatic amines is 1. The van der Waals surface area contributed by atoms with Crippen LogP contribution >= 0.6 is 0 Å². The van der Waals surface area contributed by atoms with E-state index in [0.29, 0.717) is 17.4 Å². The number of H-pyrrole nitrogens is 1. The Labute approximate surface area is 109 Å². The summed E-state index contributed by atoms with van der Waals surface area (Å²) in [6.45, 7) is 1.91. The average molecular weight is 256 g/mol. The summed E-state index contributed by atoms with van der Waals surface area (Å²) in [6.07, 6.45) is 0. The first kappa shape index (κ1) is 11.5. The molecule has 3 aromatic rings. The van der Waals surface area contributed by atoms with Crippen LogP contribution in [0.4, 0.5) is 0 Å². The molecule has 96 valence electrons. The van der Waals surface area contributed by atoms with Crippen LogP contribution in [0.2, 0.25) is 0 Å². The van der Waals surface area contributed by atoms with Crippen molar-refractivity contribution >= 4 is 0 Å². The third kappa shape index (κ3) is 2.20. The molecule has 0 unspecified atom stereocenters. The highest BCUT2D eigenvalue weighted by Crippen LogP contribution is 2.22. The zero-order valence-electron chi connectivity index (χ0n) is 10.5. The summed E-state index contributed by atoms with van der Waals surface area (Å²) in [4.78, 5) is 4.32. The molecule has 0 radical (unpaired) electrons. The molecule has 0 atom stereocenters. The van der Waals surface area contributed by atoms with E-state index in [4.69, 9.17) is 9.26 Å². The van der Waals surface area contributed by atoms with Gasteiger partial charge in [-0.3, -0.25) is 5.10 Å². The molecule has 0 bridgehead atoms. The van der Waals surface area contributed by atoms with Crippen LogP contribution in [0, 0.1) is 6.92 Å². The number of hydrogen-bond donors (Lipinski definition) is 1. The van der Waals surface area contributed by atoms with Crippen LogP contribution in [0.3, 0.4) is 0 Å². The molecule has 19 heavy (non-hydrogen) atoms. The largest absolute Gasteiger partial charge is 0.497 e. The Balaban J connectivity index is 1.91. The second-order valence-electron chi connectivity index (χ2n) is 4.09. The number of aromatic nitrogens is 4. The second-order valence-corrected chi connectivity index (χ2v) is 4.09. The quantitative estimate of drug-likeness (QED) is 0.778. The van der Waals surface area contributed by atoms with Crippen LogP contribution in [-0.4, -0.2) is 27.4 Å².